The summed E-state index contributed by atoms with van der Waals surface area (Å²) in [7, 11) is 0. The predicted octanol–water partition coefficient (Wildman–Crippen LogP) is 4.03. The maximum absolute atomic E-state index is 10.9. The van der Waals surface area contributed by atoms with E-state index in [-0.39, 0.29) is 11.7 Å². The molecular weight excluding hydrogens is 278 g/mol. The van der Waals surface area contributed by atoms with Crippen LogP contribution < -0.4 is 5.32 Å². The number of hydrogen-bond acceptors (Lipinski definition) is 4. The molecule has 3 rings (SSSR count). The molecule has 0 spiro atoms. The van der Waals surface area contributed by atoms with Crippen molar-refractivity contribution in [1.29, 1.82) is 0 Å². The van der Waals surface area contributed by atoms with Crippen LogP contribution in [0.25, 0.3) is 0 Å². The molecule has 0 fully saturated rings. The molecule has 0 radical (unpaired) electrons. The molecule has 1 aliphatic rings. The number of nitro groups is 1. The lowest BCUT2D eigenvalue weighted by molar-refractivity contribution is -0.385. The highest BCUT2D eigenvalue weighted by Crippen LogP contribution is 2.36. The van der Waals surface area contributed by atoms with Crippen molar-refractivity contribution < 1.29 is 4.92 Å². The van der Waals surface area contributed by atoms with E-state index in [0.29, 0.717) is 17.3 Å². The standard InChI is InChI=1S/C17H19N3O2/c1-11-7-8-13-5-3-4-6-14(13)17(11)19-16-9-12(2)15(10-18-16)20(21)22/h3-6,9-11,17H,7-8H2,1-2H3,(H,18,19)/t11-,17+/m1/s1. The van der Waals surface area contributed by atoms with Gasteiger partial charge in [0.25, 0.3) is 5.69 Å². The van der Waals surface area contributed by atoms with Gasteiger partial charge in [0.05, 0.1) is 11.0 Å². The lowest BCUT2D eigenvalue weighted by atomic mass is 9.81. The normalized spacial score (nSPS) is 20.3. The summed E-state index contributed by atoms with van der Waals surface area (Å²) in [4.78, 5) is 14.7. The Morgan fingerprint density at radius 2 is 2.14 bits per heavy atom. The third-order valence-corrected chi connectivity index (χ3v) is 4.41. The van der Waals surface area contributed by atoms with Crippen LogP contribution in [0.3, 0.4) is 0 Å². The van der Waals surface area contributed by atoms with Gasteiger partial charge >= 0.3 is 0 Å². The third kappa shape index (κ3) is 2.66. The molecule has 2 atom stereocenters. The molecule has 1 heterocycles. The largest absolute Gasteiger partial charge is 0.363 e. The minimum Gasteiger partial charge on any atom is -0.363 e. The molecule has 0 bridgehead atoms. The number of aromatic nitrogens is 1. The predicted molar refractivity (Wildman–Crippen MR) is 85.9 cm³/mol. The summed E-state index contributed by atoms with van der Waals surface area (Å²) in [6.45, 7) is 3.97. The zero-order valence-electron chi connectivity index (χ0n) is 12.7. The van der Waals surface area contributed by atoms with Crippen molar-refractivity contribution in [1.82, 2.24) is 4.98 Å². The highest BCUT2D eigenvalue weighted by atomic mass is 16.6. The molecular formula is C17H19N3O2. The Morgan fingerprint density at radius 1 is 1.36 bits per heavy atom. The molecule has 1 aromatic heterocycles. The molecule has 114 valence electrons. The Bertz CT molecular complexity index is 715. The summed E-state index contributed by atoms with van der Waals surface area (Å²) in [5, 5.41) is 14.3. The van der Waals surface area contributed by atoms with Gasteiger partial charge in [-0.1, -0.05) is 31.2 Å². The molecule has 5 nitrogen and oxygen atoms in total. The Kier molecular flexibility index (Phi) is 3.79. The smallest absolute Gasteiger partial charge is 0.290 e. The van der Waals surface area contributed by atoms with Crippen LogP contribution in [0.15, 0.2) is 36.5 Å². The number of pyridine rings is 1. The van der Waals surface area contributed by atoms with Crippen molar-refractivity contribution >= 4 is 11.5 Å². The van der Waals surface area contributed by atoms with Gasteiger partial charge in [-0.05, 0) is 42.9 Å². The van der Waals surface area contributed by atoms with E-state index in [1.165, 1.54) is 17.3 Å². The summed E-state index contributed by atoms with van der Waals surface area (Å²) in [6, 6.07) is 10.4. The Morgan fingerprint density at radius 3 is 2.86 bits per heavy atom. The van der Waals surface area contributed by atoms with Crippen LogP contribution in [0.2, 0.25) is 0 Å². The van der Waals surface area contributed by atoms with E-state index >= 15 is 0 Å². The van der Waals surface area contributed by atoms with E-state index < -0.39 is 4.92 Å². The van der Waals surface area contributed by atoms with Crippen LogP contribution in [0.5, 0.6) is 0 Å². The average molecular weight is 297 g/mol. The number of benzene rings is 1. The van der Waals surface area contributed by atoms with Gasteiger partial charge in [-0.15, -0.1) is 0 Å². The van der Waals surface area contributed by atoms with Gasteiger partial charge in [0.15, 0.2) is 0 Å². The number of rotatable bonds is 3. The van der Waals surface area contributed by atoms with Crippen LogP contribution >= 0.6 is 0 Å². The molecule has 1 aromatic carbocycles. The summed E-state index contributed by atoms with van der Waals surface area (Å²) in [5.41, 5.74) is 3.36. The number of hydrogen-bond donors (Lipinski definition) is 1. The van der Waals surface area contributed by atoms with Gasteiger partial charge in [0, 0.05) is 5.56 Å². The van der Waals surface area contributed by atoms with Crippen molar-refractivity contribution in [2.24, 2.45) is 5.92 Å². The second kappa shape index (κ2) is 5.75. The van der Waals surface area contributed by atoms with Crippen molar-refractivity contribution in [3.63, 3.8) is 0 Å². The van der Waals surface area contributed by atoms with Crippen molar-refractivity contribution in [3.05, 3.63) is 63.3 Å². The maximum Gasteiger partial charge on any atom is 0.290 e. The average Bonchev–Trinajstić information content (AvgIpc) is 2.50. The highest BCUT2D eigenvalue weighted by Gasteiger charge is 2.26. The van der Waals surface area contributed by atoms with Gasteiger partial charge in [-0.2, -0.15) is 0 Å². The number of aryl methyl sites for hydroxylation is 2. The van der Waals surface area contributed by atoms with Gasteiger partial charge in [0.1, 0.15) is 12.0 Å². The second-order valence-corrected chi connectivity index (χ2v) is 5.95. The van der Waals surface area contributed by atoms with E-state index in [1.54, 1.807) is 13.0 Å². The minimum atomic E-state index is -0.398. The highest BCUT2D eigenvalue weighted by molar-refractivity contribution is 5.49. The summed E-state index contributed by atoms with van der Waals surface area (Å²) in [6.07, 6.45) is 3.56. The SMILES string of the molecule is Cc1cc(N[C@@H]2c3ccccc3CC[C@H]2C)ncc1[N+](=O)[O-]. The molecule has 0 saturated heterocycles. The van der Waals surface area contributed by atoms with Crippen molar-refractivity contribution in [2.45, 2.75) is 32.7 Å². The van der Waals surface area contributed by atoms with E-state index in [4.69, 9.17) is 0 Å². The first kappa shape index (κ1) is 14.5. The maximum atomic E-state index is 10.9. The van der Waals surface area contributed by atoms with Gasteiger partial charge in [-0.3, -0.25) is 10.1 Å². The van der Waals surface area contributed by atoms with Gasteiger partial charge in [0.2, 0.25) is 0 Å². The van der Waals surface area contributed by atoms with Crippen LogP contribution in [0.4, 0.5) is 11.5 Å². The second-order valence-electron chi connectivity index (χ2n) is 5.95. The molecule has 22 heavy (non-hydrogen) atoms. The van der Waals surface area contributed by atoms with Crippen LogP contribution in [0.1, 0.15) is 36.1 Å². The van der Waals surface area contributed by atoms with Crippen molar-refractivity contribution in [3.8, 4) is 0 Å². The third-order valence-electron chi connectivity index (χ3n) is 4.41. The number of fused-ring (bicyclic) bond motifs is 1. The summed E-state index contributed by atoms with van der Waals surface area (Å²) < 4.78 is 0. The first-order valence-corrected chi connectivity index (χ1v) is 7.51. The molecule has 5 heteroatoms. The summed E-state index contributed by atoms with van der Waals surface area (Å²) >= 11 is 0. The quantitative estimate of drug-likeness (QED) is 0.686. The fourth-order valence-electron chi connectivity index (χ4n) is 3.12. The lowest BCUT2D eigenvalue weighted by Crippen LogP contribution is -2.25. The van der Waals surface area contributed by atoms with E-state index in [1.807, 2.05) is 0 Å². The monoisotopic (exact) mass is 297 g/mol. The summed E-state index contributed by atoms with van der Waals surface area (Å²) in [5.74, 6) is 1.18. The number of anilines is 1. The Hall–Kier alpha value is -2.43. The van der Waals surface area contributed by atoms with Crippen LogP contribution in [-0.2, 0) is 6.42 Å². The van der Waals surface area contributed by atoms with E-state index in [0.717, 1.165) is 12.8 Å². The molecule has 0 aliphatic heterocycles. The van der Waals surface area contributed by atoms with E-state index in [9.17, 15) is 10.1 Å². The first-order chi connectivity index (χ1) is 10.6. The van der Waals surface area contributed by atoms with Crippen LogP contribution in [0, 0.1) is 23.0 Å². The fourth-order valence-corrected chi connectivity index (χ4v) is 3.12. The van der Waals surface area contributed by atoms with Crippen molar-refractivity contribution in [2.75, 3.05) is 5.32 Å². The molecule has 1 N–H and O–H groups in total. The zero-order chi connectivity index (χ0) is 15.7. The van der Waals surface area contributed by atoms with E-state index in [2.05, 4.69) is 41.5 Å². The molecule has 0 amide bonds. The van der Waals surface area contributed by atoms with Crippen LogP contribution in [-0.4, -0.2) is 9.91 Å². The Labute approximate surface area is 129 Å². The molecule has 2 aromatic rings. The Balaban J connectivity index is 1.90. The minimum absolute atomic E-state index is 0.0580. The first-order valence-electron chi connectivity index (χ1n) is 7.51. The zero-order valence-corrected chi connectivity index (χ0v) is 12.7. The molecule has 0 saturated carbocycles. The molecule has 0 unspecified atom stereocenters. The number of nitrogens with zero attached hydrogens (tertiary/aromatic N) is 2. The topological polar surface area (TPSA) is 68.1 Å². The van der Waals surface area contributed by atoms with Gasteiger partial charge in [-0.25, -0.2) is 4.98 Å². The lowest BCUT2D eigenvalue weighted by Gasteiger charge is -2.32. The number of nitrogens with one attached hydrogen (secondary N) is 1. The van der Waals surface area contributed by atoms with Gasteiger partial charge < -0.3 is 5.32 Å². The molecule has 1 aliphatic carbocycles. The fraction of sp³-hybridized carbons (Fsp3) is 0.353.